The first-order valence-corrected chi connectivity index (χ1v) is 8.11. The van der Waals surface area contributed by atoms with Crippen molar-refractivity contribution < 1.29 is 9.90 Å². The SMILES string of the molecule is CN1CCc2[nH]c(-c3ccncc3O)c(Nc3ccccc3)c2C1=O. The highest BCUT2D eigenvalue weighted by molar-refractivity contribution is 6.06. The molecule has 0 aliphatic carbocycles. The van der Waals surface area contributed by atoms with E-state index in [1.54, 1.807) is 24.2 Å². The van der Waals surface area contributed by atoms with Gasteiger partial charge in [0.15, 0.2) is 0 Å². The highest BCUT2D eigenvalue weighted by Gasteiger charge is 2.30. The Morgan fingerprint density at radius 1 is 1.24 bits per heavy atom. The summed E-state index contributed by atoms with van der Waals surface area (Å²) in [5.41, 5.74) is 4.37. The number of fused-ring (bicyclic) bond motifs is 1. The van der Waals surface area contributed by atoms with Gasteiger partial charge >= 0.3 is 0 Å². The monoisotopic (exact) mass is 334 g/mol. The number of carbonyl (C=O) groups is 1. The number of hydrogen-bond acceptors (Lipinski definition) is 4. The van der Waals surface area contributed by atoms with Gasteiger partial charge in [0.1, 0.15) is 5.75 Å². The number of nitrogens with zero attached hydrogens (tertiary/aromatic N) is 2. The molecule has 0 atom stereocenters. The van der Waals surface area contributed by atoms with Crippen LogP contribution in [0.25, 0.3) is 11.3 Å². The lowest BCUT2D eigenvalue weighted by Gasteiger charge is -2.23. The molecule has 0 spiro atoms. The number of likely N-dealkylation sites (N-methyl/N-ethyl adjacent to an activating group) is 1. The summed E-state index contributed by atoms with van der Waals surface area (Å²) in [6.45, 7) is 0.666. The van der Waals surface area contributed by atoms with E-state index in [2.05, 4.69) is 15.3 Å². The number of para-hydroxylation sites is 1. The highest BCUT2D eigenvalue weighted by atomic mass is 16.3. The summed E-state index contributed by atoms with van der Waals surface area (Å²) in [4.78, 5) is 21.7. The Labute approximate surface area is 145 Å². The van der Waals surface area contributed by atoms with Crippen molar-refractivity contribution in [3.63, 3.8) is 0 Å². The number of nitrogens with one attached hydrogen (secondary N) is 2. The van der Waals surface area contributed by atoms with Crippen molar-refractivity contribution in [2.24, 2.45) is 0 Å². The lowest BCUT2D eigenvalue weighted by atomic mass is 10.0. The van der Waals surface area contributed by atoms with E-state index in [1.165, 1.54) is 6.20 Å². The van der Waals surface area contributed by atoms with E-state index in [4.69, 9.17) is 0 Å². The minimum atomic E-state index is -0.0317. The molecule has 1 aliphatic rings. The number of anilines is 2. The number of hydrogen-bond donors (Lipinski definition) is 3. The number of aromatic amines is 1. The number of rotatable bonds is 3. The Hall–Kier alpha value is -3.28. The molecule has 2 aromatic heterocycles. The average molecular weight is 334 g/mol. The Bertz CT molecular complexity index is 934. The largest absolute Gasteiger partial charge is 0.506 e. The Morgan fingerprint density at radius 2 is 2.04 bits per heavy atom. The van der Waals surface area contributed by atoms with Crippen molar-refractivity contribution >= 4 is 17.3 Å². The van der Waals surface area contributed by atoms with E-state index in [0.717, 1.165) is 17.8 Å². The van der Waals surface area contributed by atoms with Crippen LogP contribution in [0.4, 0.5) is 11.4 Å². The van der Waals surface area contributed by atoms with Crippen LogP contribution in [0.2, 0.25) is 0 Å². The minimum Gasteiger partial charge on any atom is -0.506 e. The first-order valence-electron chi connectivity index (χ1n) is 8.11. The van der Waals surface area contributed by atoms with E-state index in [1.807, 2.05) is 30.3 Å². The number of carbonyl (C=O) groups excluding carboxylic acids is 1. The summed E-state index contributed by atoms with van der Waals surface area (Å²) >= 11 is 0. The number of pyridine rings is 1. The molecule has 1 aromatic carbocycles. The summed E-state index contributed by atoms with van der Waals surface area (Å²) in [5.74, 6) is 0.0359. The molecule has 1 amide bonds. The van der Waals surface area contributed by atoms with Gasteiger partial charge in [-0.3, -0.25) is 9.78 Å². The molecule has 0 fully saturated rings. The Morgan fingerprint density at radius 3 is 2.80 bits per heavy atom. The third-order valence-electron chi connectivity index (χ3n) is 4.45. The van der Waals surface area contributed by atoms with Gasteiger partial charge in [-0.25, -0.2) is 0 Å². The van der Waals surface area contributed by atoms with Gasteiger partial charge in [0.25, 0.3) is 5.91 Å². The molecular weight excluding hydrogens is 316 g/mol. The van der Waals surface area contributed by atoms with Crippen molar-refractivity contribution in [1.29, 1.82) is 0 Å². The fraction of sp³-hybridized carbons (Fsp3) is 0.158. The smallest absolute Gasteiger partial charge is 0.257 e. The second kappa shape index (κ2) is 5.98. The molecule has 3 N–H and O–H groups in total. The van der Waals surface area contributed by atoms with Crippen molar-refractivity contribution in [2.45, 2.75) is 6.42 Å². The lowest BCUT2D eigenvalue weighted by molar-refractivity contribution is 0.0781. The average Bonchev–Trinajstić information content (AvgIpc) is 2.98. The second-order valence-electron chi connectivity index (χ2n) is 6.09. The maximum Gasteiger partial charge on any atom is 0.257 e. The lowest BCUT2D eigenvalue weighted by Crippen LogP contribution is -2.34. The van der Waals surface area contributed by atoms with Gasteiger partial charge < -0.3 is 20.3 Å². The number of aromatic hydroxyl groups is 1. The van der Waals surface area contributed by atoms with Gasteiger partial charge in [0.2, 0.25) is 0 Å². The van der Waals surface area contributed by atoms with Crippen molar-refractivity contribution in [3.8, 4) is 17.0 Å². The zero-order chi connectivity index (χ0) is 17.4. The fourth-order valence-corrected chi connectivity index (χ4v) is 3.14. The summed E-state index contributed by atoms with van der Waals surface area (Å²) in [6, 6.07) is 11.4. The molecule has 0 unspecified atom stereocenters. The molecule has 0 saturated heterocycles. The van der Waals surface area contributed by atoms with E-state index >= 15 is 0 Å². The molecule has 6 nitrogen and oxygen atoms in total. The molecule has 3 heterocycles. The molecule has 25 heavy (non-hydrogen) atoms. The third-order valence-corrected chi connectivity index (χ3v) is 4.45. The fourth-order valence-electron chi connectivity index (χ4n) is 3.14. The zero-order valence-electron chi connectivity index (χ0n) is 13.8. The van der Waals surface area contributed by atoms with Crippen LogP contribution in [0, 0.1) is 0 Å². The molecule has 1 aliphatic heterocycles. The number of amides is 1. The van der Waals surface area contributed by atoms with Crippen LogP contribution in [-0.2, 0) is 6.42 Å². The van der Waals surface area contributed by atoms with Crippen LogP contribution >= 0.6 is 0 Å². The van der Waals surface area contributed by atoms with Gasteiger partial charge in [-0.05, 0) is 18.2 Å². The van der Waals surface area contributed by atoms with E-state index in [9.17, 15) is 9.90 Å². The Kier molecular flexibility index (Phi) is 3.65. The highest BCUT2D eigenvalue weighted by Crippen LogP contribution is 2.40. The maximum atomic E-state index is 12.7. The second-order valence-corrected chi connectivity index (χ2v) is 6.09. The number of benzene rings is 1. The van der Waals surface area contributed by atoms with Crippen LogP contribution < -0.4 is 5.32 Å². The standard InChI is InChI=1S/C19H18N4O2/c1-23-10-8-14-16(19(23)25)18(21-12-5-3-2-4-6-12)17(22-14)13-7-9-20-11-15(13)24/h2-7,9,11,21-22,24H,8,10H2,1H3. The van der Waals surface area contributed by atoms with Gasteiger partial charge in [-0.15, -0.1) is 0 Å². The van der Waals surface area contributed by atoms with Crippen LogP contribution in [0.3, 0.4) is 0 Å². The van der Waals surface area contributed by atoms with Crippen LogP contribution in [0.15, 0.2) is 48.8 Å². The zero-order valence-corrected chi connectivity index (χ0v) is 13.8. The molecule has 0 bridgehead atoms. The maximum absolute atomic E-state index is 12.7. The molecule has 126 valence electrons. The minimum absolute atomic E-state index is 0.0317. The van der Waals surface area contributed by atoms with Crippen LogP contribution in [0.5, 0.6) is 5.75 Å². The topological polar surface area (TPSA) is 81.2 Å². The van der Waals surface area contributed by atoms with Crippen molar-refractivity contribution in [3.05, 3.63) is 60.0 Å². The summed E-state index contributed by atoms with van der Waals surface area (Å²) in [6.07, 6.45) is 3.76. The predicted molar refractivity (Wildman–Crippen MR) is 96.1 cm³/mol. The molecule has 6 heteroatoms. The third kappa shape index (κ3) is 2.61. The van der Waals surface area contributed by atoms with Crippen molar-refractivity contribution in [2.75, 3.05) is 18.9 Å². The van der Waals surface area contributed by atoms with Gasteiger partial charge in [0.05, 0.1) is 23.1 Å². The quantitative estimate of drug-likeness (QED) is 0.687. The molecule has 0 saturated carbocycles. The van der Waals surface area contributed by atoms with E-state index in [0.29, 0.717) is 29.1 Å². The number of H-pyrrole nitrogens is 1. The molecular formula is C19H18N4O2. The molecule has 4 rings (SSSR count). The summed E-state index contributed by atoms with van der Waals surface area (Å²) < 4.78 is 0. The first kappa shape index (κ1) is 15.3. The predicted octanol–water partition coefficient (Wildman–Crippen LogP) is 3.15. The van der Waals surface area contributed by atoms with Crippen molar-refractivity contribution in [1.82, 2.24) is 14.9 Å². The first-order chi connectivity index (χ1) is 12.1. The normalized spacial score (nSPS) is 13.6. The van der Waals surface area contributed by atoms with Crippen LogP contribution in [-0.4, -0.2) is 39.5 Å². The number of aromatic nitrogens is 2. The molecule has 3 aromatic rings. The van der Waals surface area contributed by atoms with E-state index < -0.39 is 0 Å². The summed E-state index contributed by atoms with van der Waals surface area (Å²) in [7, 11) is 1.80. The molecule has 0 radical (unpaired) electrons. The van der Waals surface area contributed by atoms with E-state index in [-0.39, 0.29) is 11.7 Å². The Balaban J connectivity index is 1.91. The van der Waals surface area contributed by atoms with Gasteiger partial charge in [0, 0.05) is 43.2 Å². The summed E-state index contributed by atoms with van der Waals surface area (Å²) in [5, 5.41) is 13.6. The van der Waals surface area contributed by atoms with Crippen LogP contribution in [0.1, 0.15) is 16.1 Å². The van der Waals surface area contributed by atoms with Gasteiger partial charge in [-0.1, -0.05) is 18.2 Å². The van der Waals surface area contributed by atoms with Gasteiger partial charge in [-0.2, -0.15) is 0 Å².